The fourth-order valence-electron chi connectivity index (χ4n) is 4.09. The summed E-state index contributed by atoms with van der Waals surface area (Å²) in [6, 6.07) is 14.7. The summed E-state index contributed by atoms with van der Waals surface area (Å²) in [6.45, 7) is 1.24. The number of carbonyl (C=O) groups excluding carboxylic acids is 2. The first-order valence-electron chi connectivity index (χ1n) is 10.5. The number of hydrogen-bond acceptors (Lipinski definition) is 5. The van der Waals surface area contributed by atoms with E-state index in [1.54, 1.807) is 4.90 Å². The van der Waals surface area contributed by atoms with Crippen LogP contribution in [0.5, 0.6) is 5.75 Å². The Labute approximate surface area is 182 Å². The number of carbonyl (C=O) groups is 2. The van der Waals surface area contributed by atoms with Crippen molar-refractivity contribution in [3.63, 3.8) is 0 Å². The largest absolute Gasteiger partial charge is 0.482 e. The first-order valence-corrected chi connectivity index (χ1v) is 12.2. The highest BCUT2D eigenvalue weighted by molar-refractivity contribution is 7.91. The van der Waals surface area contributed by atoms with Crippen LogP contribution in [0.15, 0.2) is 53.4 Å². The summed E-state index contributed by atoms with van der Waals surface area (Å²) in [5.74, 6) is 0.268. The average molecular weight is 443 g/mol. The third kappa shape index (κ3) is 5.25. The second kappa shape index (κ2) is 9.09. The van der Waals surface area contributed by atoms with E-state index in [0.29, 0.717) is 30.4 Å². The second-order valence-electron chi connectivity index (χ2n) is 8.08. The molecule has 8 heteroatoms. The highest BCUT2D eigenvalue weighted by atomic mass is 32.2. The molecule has 7 nitrogen and oxygen atoms in total. The number of nitrogens with zero attached hydrogens (tertiary/aromatic N) is 1. The minimum Gasteiger partial charge on any atom is -0.482 e. The Morgan fingerprint density at radius 1 is 1.10 bits per heavy atom. The van der Waals surface area contributed by atoms with Gasteiger partial charge in [-0.25, -0.2) is 8.42 Å². The van der Waals surface area contributed by atoms with Crippen LogP contribution in [0.25, 0.3) is 0 Å². The Bertz CT molecular complexity index is 1060. The third-order valence-corrected chi connectivity index (χ3v) is 7.58. The van der Waals surface area contributed by atoms with Crippen LogP contribution in [0.4, 0.5) is 5.69 Å². The van der Waals surface area contributed by atoms with Crippen LogP contribution in [0.1, 0.15) is 24.8 Å². The number of benzene rings is 2. The summed E-state index contributed by atoms with van der Waals surface area (Å²) < 4.78 is 30.7. The maximum Gasteiger partial charge on any atom is 0.262 e. The Hall–Kier alpha value is -2.87. The smallest absolute Gasteiger partial charge is 0.262 e. The molecular formula is C23H26N2O5S. The van der Waals surface area contributed by atoms with Gasteiger partial charge in [0.15, 0.2) is 16.4 Å². The molecule has 2 aliphatic heterocycles. The highest BCUT2D eigenvalue weighted by Crippen LogP contribution is 2.30. The van der Waals surface area contributed by atoms with Gasteiger partial charge in [-0.05, 0) is 48.9 Å². The third-order valence-electron chi connectivity index (χ3n) is 5.86. The van der Waals surface area contributed by atoms with Crippen LogP contribution < -0.4 is 10.1 Å². The van der Waals surface area contributed by atoms with Crippen molar-refractivity contribution in [2.75, 3.05) is 30.8 Å². The zero-order valence-electron chi connectivity index (χ0n) is 17.2. The molecule has 0 atom stereocenters. The molecule has 2 aromatic rings. The van der Waals surface area contributed by atoms with Gasteiger partial charge in [0.2, 0.25) is 5.91 Å². The van der Waals surface area contributed by atoms with E-state index < -0.39 is 9.84 Å². The van der Waals surface area contributed by atoms with Gasteiger partial charge in [0, 0.05) is 19.5 Å². The van der Waals surface area contributed by atoms with Gasteiger partial charge in [-0.3, -0.25) is 9.59 Å². The molecule has 0 saturated carbocycles. The molecule has 0 aliphatic carbocycles. The Morgan fingerprint density at radius 2 is 1.84 bits per heavy atom. The van der Waals surface area contributed by atoms with Gasteiger partial charge >= 0.3 is 0 Å². The molecule has 1 N–H and O–H groups in total. The molecule has 0 radical (unpaired) electrons. The fraction of sp³-hybridized carbons (Fsp3) is 0.391. The number of fused-ring (bicyclic) bond motifs is 1. The number of hydrogen-bond donors (Lipinski definition) is 1. The van der Waals surface area contributed by atoms with Crippen LogP contribution >= 0.6 is 0 Å². The Balaban J connectivity index is 1.29. The number of ether oxygens (including phenoxy) is 1. The van der Waals surface area contributed by atoms with Crippen LogP contribution in [0, 0.1) is 5.92 Å². The molecule has 2 aliphatic rings. The lowest BCUT2D eigenvalue weighted by atomic mass is 9.90. The van der Waals surface area contributed by atoms with E-state index in [0.717, 1.165) is 19.3 Å². The first kappa shape index (κ1) is 21.4. The van der Waals surface area contributed by atoms with Gasteiger partial charge in [-0.1, -0.05) is 30.3 Å². The molecule has 0 aromatic heterocycles. The van der Waals surface area contributed by atoms with Crippen molar-refractivity contribution in [3.8, 4) is 5.75 Å². The number of sulfone groups is 1. The maximum atomic E-state index is 12.7. The molecule has 0 spiro atoms. The summed E-state index contributed by atoms with van der Waals surface area (Å²) in [6.07, 6.45) is 2.82. The van der Waals surface area contributed by atoms with Crippen molar-refractivity contribution in [2.24, 2.45) is 5.92 Å². The van der Waals surface area contributed by atoms with Gasteiger partial charge in [-0.2, -0.15) is 0 Å². The van der Waals surface area contributed by atoms with E-state index in [2.05, 4.69) is 17.4 Å². The van der Waals surface area contributed by atoms with Crippen LogP contribution in [0.2, 0.25) is 0 Å². The van der Waals surface area contributed by atoms with Gasteiger partial charge in [0.05, 0.1) is 16.3 Å². The predicted octanol–water partition coefficient (Wildman–Crippen LogP) is 2.66. The Morgan fingerprint density at radius 3 is 2.58 bits per heavy atom. The minimum atomic E-state index is -3.65. The molecule has 2 aromatic carbocycles. The zero-order valence-corrected chi connectivity index (χ0v) is 18.1. The van der Waals surface area contributed by atoms with E-state index in [1.807, 2.05) is 18.2 Å². The summed E-state index contributed by atoms with van der Waals surface area (Å²) in [4.78, 5) is 25.9. The normalized spacial score (nSPS) is 16.9. The molecule has 4 rings (SSSR count). The number of nitrogens with one attached hydrogen (secondary N) is 1. The summed E-state index contributed by atoms with van der Waals surface area (Å²) in [5.41, 5.74) is 1.65. The van der Waals surface area contributed by atoms with Gasteiger partial charge in [0.25, 0.3) is 5.91 Å². The van der Waals surface area contributed by atoms with E-state index >= 15 is 0 Å². The molecule has 2 heterocycles. The number of amides is 2. The van der Waals surface area contributed by atoms with Crippen molar-refractivity contribution in [2.45, 2.75) is 30.6 Å². The van der Waals surface area contributed by atoms with Crippen molar-refractivity contribution in [1.29, 1.82) is 0 Å². The van der Waals surface area contributed by atoms with E-state index in [1.165, 1.54) is 23.8 Å². The monoisotopic (exact) mass is 442 g/mol. The fourth-order valence-corrected chi connectivity index (χ4v) is 5.34. The predicted molar refractivity (Wildman–Crippen MR) is 117 cm³/mol. The highest BCUT2D eigenvalue weighted by Gasteiger charge is 2.26. The second-order valence-corrected chi connectivity index (χ2v) is 10.2. The molecule has 0 unspecified atom stereocenters. The lowest BCUT2D eigenvalue weighted by molar-refractivity contribution is -0.132. The average Bonchev–Trinajstić information content (AvgIpc) is 2.78. The van der Waals surface area contributed by atoms with Gasteiger partial charge < -0.3 is 15.0 Å². The standard InChI is InChI=1S/C23H26N2O5S/c26-22-16-30-21-7-6-19(15-20(21)24-22)31(28,29)13-10-23(27)25-11-8-18(9-12-25)14-17-4-2-1-3-5-17/h1-7,15,18H,8-14,16H2,(H,24,26). The topological polar surface area (TPSA) is 92.8 Å². The van der Waals surface area contributed by atoms with E-state index in [-0.39, 0.29) is 35.5 Å². The van der Waals surface area contributed by atoms with E-state index in [4.69, 9.17) is 4.74 Å². The zero-order chi connectivity index (χ0) is 21.8. The molecule has 1 fully saturated rings. The molecule has 2 amide bonds. The summed E-state index contributed by atoms with van der Waals surface area (Å²) >= 11 is 0. The minimum absolute atomic E-state index is 0.0500. The van der Waals surface area contributed by atoms with Crippen molar-refractivity contribution < 1.29 is 22.7 Å². The molecule has 164 valence electrons. The van der Waals surface area contributed by atoms with Crippen LogP contribution in [-0.2, 0) is 25.8 Å². The lowest BCUT2D eigenvalue weighted by Crippen LogP contribution is -2.39. The number of rotatable bonds is 6. The lowest BCUT2D eigenvalue weighted by Gasteiger charge is -2.32. The van der Waals surface area contributed by atoms with Gasteiger partial charge in [0.1, 0.15) is 5.75 Å². The molecule has 1 saturated heterocycles. The van der Waals surface area contributed by atoms with Crippen molar-refractivity contribution in [1.82, 2.24) is 4.90 Å². The maximum absolute atomic E-state index is 12.7. The molecule has 31 heavy (non-hydrogen) atoms. The van der Waals surface area contributed by atoms with E-state index in [9.17, 15) is 18.0 Å². The molecular weight excluding hydrogens is 416 g/mol. The van der Waals surface area contributed by atoms with Gasteiger partial charge in [-0.15, -0.1) is 0 Å². The van der Waals surface area contributed by atoms with Crippen molar-refractivity contribution >= 4 is 27.3 Å². The summed E-state index contributed by atoms with van der Waals surface area (Å²) in [7, 11) is -3.65. The SMILES string of the molecule is O=C1COc2ccc(S(=O)(=O)CCC(=O)N3CCC(Cc4ccccc4)CC3)cc2N1. The molecule has 0 bridgehead atoms. The quantitative estimate of drug-likeness (QED) is 0.743. The summed E-state index contributed by atoms with van der Waals surface area (Å²) in [5, 5.41) is 2.61. The van der Waals surface area contributed by atoms with Crippen LogP contribution in [-0.4, -0.2) is 50.6 Å². The number of piperidine rings is 1. The first-order chi connectivity index (χ1) is 14.9. The van der Waals surface area contributed by atoms with Crippen LogP contribution in [0.3, 0.4) is 0 Å². The Kier molecular flexibility index (Phi) is 6.27. The number of likely N-dealkylation sites (tertiary alicyclic amines) is 1. The number of anilines is 1. The van der Waals surface area contributed by atoms with Crippen molar-refractivity contribution in [3.05, 3.63) is 54.1 Å².